The standard InChI is InChI=1S/C50H98NO7P/c1-3-5-7-9-11-13-15-17-19-21-23-24-25-27-29-31-33-35-37-39-41-43-50(52)58-49(48-57-59(53,54)56-46-44-51)47-55-45-42-40-38-36-34-32-30-28-26-22-20-18-16-14-12-10-8-6-4-2/h14,16,20,22,49H,3-13,15,17-19,21,23-48,51H2,1-2H3,(H,53,54)/b16-14-,22-20-. The number of carbonyl (C=O) groups excluding carboxylic acids is 1. The number of allylic oxidation sites excluding steroid dienone is 4. The number of hydrogen-bond acceptors (Lipinski definition) is 7. The third-order valence-corrected chi connectivity index (χ3v) is 12.1. The third kappa shape index (κ3) is 47.9. The molecular formula is C50H98NO7P. The topological polar surface area (TPSA) is 117 Å². The molecule has 0 aromatic heterocycles. The van der Waals surface area contributed by atoms with Gasteiger partial charge in [-0.2, -0.15) is 0 Å². The van der Waals surface area contributed by atoms with Crippen LogP contribution in [0.2, 0.25) is 0 Å². The molecule has 0 rings (SSSR count). The molecule has 2 unspecified atom stereocenters. The number of nitrogens with two attached hydrogens (primary N) is 1. The molecule has 0 aliphatic heterocycles. The minimum absolute atomic E-state index is 0.0943. The number of ether oxygens (including phenoxy) is 2. The van der Waals surface area contributed by atoms with E-state index in [1.807, 2.05) is 0 Å². The molecule has 0 bridgehead atoms. The van der Waals surface area contributed by atoms with Gasteiger partial charge in [0.05, 0.1) is 19.8 Å². The van der Waals surface area contributed by atoms with Crippen molar-refractivity contribution in [3.05, 3.63) is 24.3 Å². The van der Waals surface area contributed by atoms with Crippen LogP contribution in [-0.2, 0) is 27.9 Å². The molecule has 59 heavy (non-hydrogen) atoms. The van der Waals surface area contributed by atoms with Gasteiger partial charge < -0.3 is 20.1 Å². The van der Waals surface area contributed by atoms with Gasteiger partial charge in [-0.05, 0) is 44.9 Å². The summed E-state index contributed by atoms with van der Waals surface area (Å²) in [5, 5.41) is 0. The zero-order valence-electron chi connectivity index (χ0n) is 39.0. The van der Waals surface area contributed by atoms with Crippen LogP contribution in [-0.4, -0.2) is 49.9 Å². The number of hydrogen-bond donors (Lipinski definition) is 2. The van der Waals surface area contributed by atoms with E-state index >= 15 is 0 Å². The second-order valence-electron chi connectivity index (χ2n) is 17.0. The van der Waals surface area contributed by atoms with Gasteiger partial charge in [0.25, 0.3) is 0 Å². The van der Waals surface area contributed by atoms with E-state index < -0.39 is 13.9 Å². The van der Waals surface area contributed by atoms with Gasteiger partial charge in [-0.25, -0.2) is 4.57 Å². The van der Waals surface area contributed by atoms with Gasteiger partial charge in [0.1, 0.15) is 6.10 Å². The van der Waals surface area contributed by atoms with E-state index in [9.17, 15) is 14.3 Å². The molecule has 0 heterocycles. The van der Waals surface area contributed by atoms with Gasteiger partial charge in [-0.15, -0.1) is 0 Å². The first-order valence-corrected chi connectivity index (χ1v) is 26.8. The SMILES string of the molecule is CCCCCC/C=C\C/C=C\CCCCCCCCCCOCC(COP(=O)(O)OCCN)OC(=O)CCCCCCCCCCCCCCCCCCCCCCC. The zero-order chi connectivity index (χ0) is 43.0. The van der Waals surface area contributed by atoms with Gasteiger partial charge in [0.15, 0.2) is 0 Å². The lowest BCUT2D eigenvalue weighted by molar-refractivity contribution is -0.154. The van der Waals surface area contributed by atoms with Crippen LogP contribution in [0, 0.1) is 0 Å². The van der Waals surface area contributed by atoms with Crippen molar-refractivity contribution in [2.24, 2.45) is 5.73 Å². The Bertz CT molecular complexity index is 962. The fourth-order valence-corrected chi connectivity index (χ4v) is 8.15. The van der Waals surface area contributed by atoms with E-state index in [1.165, 1.54) is 193 Å². The quantitative estimate of drug-likeness (QED) is 0.0269. The molecule has 0 aromatic carbocycles. The Hall–Kier alpha value is -1.02. The maximum absolute atomic E-state index is 12.6. The van der Waals surface area contributed by atoms with Gasteiger partial charge in [-0.1, -0.05) is 224 Å². The lowest BCUT2D eigenvalue weighted by Gasteiger charge is -2.20. The van der Waals surface area contributed by atoms with Crippen molar-refractivity contribution in [1.82, 2.24) is 0 Å². The fraction of sp³-hybridized carbons (Fsp3) is 0.900. The summed E-state index contributed by atoms with van der Waals surface area (Å²) in [7, 11) is -4.28. The van der Waals surface area contributed by atoms with E-state index in [0.29, 0.717) is 13.0 Å². The molecule has 350 valence electrons. The molecule has 9 heteroatoms. The minimum atomic E-state index is -4.28. The van der Waals surface area contributed by atoms with Crippen molar-refractivity contribution in [3.8, 4) is 0 Å². The molecule has 3 N–H and O–H groups in total. The summed E-state index contributed by atoms with van der Waals surface area (Å²) in [5.41, 5.74) is 5.39. The van der Waals surface area contributed by atoms with Gasteiger partial charge in [-0.3, -0.25) is 13.8 Å². The molecule has 0 saturated heterocycles. The Balaban J connectivity index is 3.92. The van der Waals surface area contributed by atoms with E-state index in [4.69, 9.17) is 24.3 Å². The number of rotatable bonds is 49. The van der Waals surface area contributed by atoms with Crippen LogP contribution >= 0.6 is 7.82 Å². The highest BCUT2D eigenvalue weighted by atomic mass is 31.2. The van der Waals surface area contributed by atoms with E-state index in [0.717, 1.165) is 38.5 Å². The molecule has 0 aliphatic rings. The molecular weight excluding hydrogens is 758 g/mol. The predicted octanol–water partition coefficient (Wildman–Crippen LogP) is 15.6. The molecule has 0 aromatic rings. The maximum atomic E-state index is 12.6. The van der Waals surface area contributed by atoms with Crippen molar-refractivity contribution in [2.75, 3.05) is 33.0 Å². The number of phosphoric ester groups is 1. The van der Waals surface area contributed by atoms with Crippen molar-refractivity contribution in [2.45, 2.75) is 258 Å². The van der Waals surface area contributed by atoms with Crippen LogP contribution in [0.5, 0.6) is 0 Å². The molecule has 0 aliphatic carbocycles. The van der Waals surface area contributed by atoms with Crippen LogP contribution in [0.4, 0.5) is 0 Å². The minimum Gasteiger partial charge on any atom is -0.457 e. The smallest absolute Gasteiger partial charge is 0.457 e. The van der Waals surface area contributed by atoms with Gasteiger partial charge in [0.2, 0.25) is 0 Å². The first-order valence-electron chi connectivity index (χ1n) is 25.3. The molecule has 0 saturated carbocycles. The normalized spacial score (nSPS) is 13.5. The summed E-state index contributed by atoms with van der Waals surface area (Å²) in [6, 6.07) is 0. The second-order valence-corrected chi connectivity index (χ2v) is 18.5. The van der Waals surface area contributed by atoms with Crippen molar-refractivity contribution >= 4 is 13.8 Å². The highest BCUT2D eigenvalue weighted by Crippen LogP contribution is 2.43. The predicted molar refractivity (Wildman–Crippen MR) is 252 cm³/mol. The molecule has 2 atom stereocenters. The van der Waals surface area contributed by atoms with E-state index in [-0.39, 0.29) is 32.3 Å². The summed E-state index contributed by atoms with van der Waals surface area (Å²) < 4.78 is 33.6. The first-order chi connectivity index (χ1) is 28.9. The number of phosphoric acid groups is 1. The average Bonchev–Trinajstić information content (AvgIpc) is 3.23. The summed E-state index contributed by atoms with van der Waals surface area (Å²) >= 11 is 0. The Morgan fingerprint density at radius 3 is 1.34 bits per heavy atom. The van der Waals surface area contributed by atoms with Crippen LogP contribution in [0.25, 0.3) is 0 Å². The van der Waals surface area contributed by atoms with Crippen LogP contribution in [0.3, 0.4) is 0 Å². The summed E-state index contributed by atoms with van der Waals surface area (Å²) in [5.74, 6) is -0.327. The summed E-state index contributed by atoms with van der Waals surface area (Å²) in [4.78, 5) is 22.6. The molecule has 0 spiro atoms. The van der Waals surface area contributed by atoms with Crippen molar-refractivity contribution in [1.29, 1.82) is 0 Å². The highest BCUT2D eigenvalue weighted by molar-refractivity contribution is 7.47. The number of esters is 1. The lowest BCUT2D eigenvalue weighted by atomic mass is 10.0. The summed E-state index contributed by atoms with van der Waals surface area (Å²) in [6.07, 6.45) is 54.9. The Morgan fingerprint density at radius 1 is 0.508 bits per heavy atom. The zero-order valence-corrected chi connectivity index (χ0v) is 39.9. The van der Waals surface area contributed by atoms with E-state index in [1.54, 1.807) is 0 Å². The lowest BCUT2D eigenvalue weighted by Crippen LogP contribution is -2.28. The molecule has 0 amide bonds. The second kappa shape index (κ2) is 48.0. The van der Waals surface area contributed by atoms with Gasteiger partial charge in [0, 0.05) is 19.6 Å². The van der Waals surface area contributed by atoms with Crippen molar-refractivity contribution in [3.63, 3.8) is 0 Å². The summed E-state index contributed by atoms with van der Waals surface area (Å²) in [6.45, 7) is 4.95. The average molecular weight is 856 g/mol. The Labute approximate surface area is 366 Å². The fourth-order valence-electron chi connectivity index (χ4n) is 7.38. The van der Waals surface area contributed by atoms with Crippen LogP contribution in [0.15, 0.2) is 24.3 Å². The molecule has 8 nitrogen and oxygen atoms in total. The largest absolute Gasteiger partial charge is 0.472 e. The van der Waals surface area contributed by atoms with Crippen LogP contribution in [0.1, 0.15) is 251 Å². The van der Waals surface area contributed by atoms with E-state index in [2.05, 4.69) is 38.2 Å². The Morgan fingerprint density at radius 2 is 0.898 bits per heavy atom. The first kappa shape index (κ1) is 58.0. The Kier molecular flexibility index (Phi) is 47.2. The molecule has 0 radical (unpaired) electrons. The van der Waals surface area contributed by atoms with Crippen molar-refractivity contribution < 1.29 is 32.8 Å². The maximum Gasteiger partial charge on any atom is 0.472 e. The van der Waals surface area contributed by atoms with Gasteiger partial charge >= 0.3 is 13.8 Å². The third-order valence-electron chi connectivity index (χ3n) is 11.1. The van der Waals surface area contributed by atoms with Crippen LogP contribution < -0.4 is 5.73 Å². The number of unbranched alkanes of at least 4 members (excludes halogenated alkanes) is 32. The molecule has 0 fully saturated rings. The monoisotopic (exact) mass is 856 g/mol. The number of carbonyl (C=O) groups is 1. The highest BCUT2D eigenvalue weighted by Gasteiger charge is 2.25.